The molecule has 2 aromatic carbocycles. The maximum atomic E-state index is 5.40. The van der Waals surface area contributed by atoms with Gasteiger partial charge in [0.15, 0.2) is 10.9 Å². The van der Waals surface area contributed by atoms with Crippen LogP contribution < -0.4 is 10.6 Å². The summed E-state index contributed by atoms with van der Waals surface area (Å²) in [5.74, 6) is 0.731. The van der Waals surface area contributed by atoms with E-state index < -0.39 is 0 Å². The molecule has 1 aromatic heterocycles. The first kappa shape index (κ1) is 17.2. The summed E-state index contributed by atoms with van der Waals surface area (Å²) in [6.07, 6.45) is 1.95. The van der Waals surface area contributed by atoms with Crippen LogP contribution in [0.5, 0.6) is 0 Å². The maximum absolute atomic E-state index is 5.40. The van der Waals surface area contributed by atoms with Crippen LogP contribution in [0, 0.1) is 20.8 Å². The quantitative estimate of drug-likeness (QED) is 0.671. The first-order valence-corrected chi connectivity index (χ1v) is 8.65. The predicted molar refractivity (Wildman–Crippen MR) is 108 cm³/mol. The highest BCUT2D eigenvalue weighted by Gasteiger charge is 2.05. The van der Waals surface area contributed by atoms with Crippen molar-refractivity contribution < 1.29 is 0 Å². The molecule has 0 fully saturated rings. The van der Waals surface area contributed by atoms with Crippen molar-refractivity contribution in [2.75, 3.05) is 10.6 Å². The van der Waals surface area contributed by atoms with E-state index in [9.17, 15) is 0 Å². The van der Waals surface area contributed by atoms with E-state index in [-0.39, 0.29) is 0 Å². The normalized spacial score (nSPS) is 10.5. The Hall–Kier alpha value is -2.66. The standard InChI is InChI=1S/C20H22N4S/c1-14-7-9-17(10-8-14)13-24-12-11-19(23-24)22-20(25)21-18-6-4-5-15(2)16(18)3/h4-12H,13H2,1-3H3,(H2,21,22,23,25). The highest BCUT2D eigenvalue weighted by atomic mass is 32.1. The lowest BCUT2D eigenvalue weighted by Crippen LogP contribution is -2.20. The molecule has 4 nitrogen and oxygen atoms in total. The van der Waals surface area contributed by atoms with Crippen LogP contribution in [0.3, 0.4) is 0 Å². The first-order valence-electron chi connectivity index (χ1n) is 8.24. The monoisotopic (exact) mass is 350 g/mol. The largest absolute Gasteiger partial charge is 0.332 e. The Morgan fingerprint density at radius 3 is 2.52 bits per heavy atom. The lowest BCUT2D eigenvalue weighted by molar-refractivity contribution is 0.690. The van der Waals surface area contributed by atoms with E-state index in [2.05, 4.69) is 66.8 Å². The van der Waals surface area contributed by atoms with Gasteiger partial charge in [0, 0.05) is 18.0 Å². The second-order valence-corrected chi connectivity index (χ2v) is 6.62. The minimum atomic E-state index is 0.536. The molecule has 0 unspecified atom stereocenters. The molecule has 0 amide bonds. The highest BCUT2D eigenvalue weighted by Crippen LogP contribution is 2.18. The van der Waals surface area contributed by atoms with E-state index in [1.54, 1.807) is 0 Å². The molecule has 3 rings (SSSR count). The van der Waals surface area contributed by atoms with Gasteiger partial charge in [-0.1, -0.05) is 42.0 Å². The molecule has 0 spiro atoms. The van der Waals surface area contributed by atoms with E-state index in [1.807, 2.05) is 29.1 Å². The summed E-state index contributed by atoms with van der Waals surface area (Å²) in [4.78, 5) is 0. The van der Waals surface area contributed by atoms with Gasteiger partial charge in [-0.05, 0) is 55.7 Å². The van der Waals surface area contributed by atoms with Crippen LogP contribution >= 0.6 is 12.2 Å². The highest BCUT2D eigenvalue weighted by molar-refractivity contribution is 7.80. The number of aryl methyl sites for hydroxylation is 2. The van der Waals surface area contributed by atoms with Gasteiger partial charge in [-0.3, -0.25) is 4.68 Å². The van der Waals surface area contributed by atoms with E-state index in [1.165, 1.54) is 22.3 Å². The summed E-state index contributed by atoms with van der Waals surface area (Å²) in [6, 6.07) is 16.5. The van der Waals surface area contributed by atoms with Crippen molar-refractivity contribution in [3.05, 3.63) is 77.0 Å². The molecule has 0 aliphatic rings. The molecule has 0 aliphatic heterocycles. The zero-order chi connectivity index (χ0) is 17.8. The third-order valence-electron chi connectivity index (χ3n) is 4.20. The number of aromatic nitrogens is 2. The Morgan fingerprint density at radius 2 is 1.76 bits per heavy atom. The lowest BCUT2D eigenvalue weighted by atomic mass is 10.1. The van der Waals surface area contributed by atoms with Crippen molar-refractivity contribution in [1.82, 2.24) is 9.78 Å². The second kappa shape index (κ2) is 7.49. The summed E-state index contributed by atoms with van der Waals surface area (Å²) in [7, 11) is 0. The average Bonchev–Trinajstić information content (AvgIpc) is 3.01. The van der Waals surface area contributed by atoms with Gasteiger partial charge >= 0.3 is 0 Å². The predicted octanol–water partition coefficient (Wildman–Crippen LogP) is 4.67. The molecule has 5 heteroatoms. The van der Waals surface area contributed by atoms with Crippen LogP contribution in [0.4, 0.5) is 11.5 Å². The number of anilines is 2. The topological polar surface area (TPSA) is 41.9 Å². The number of nitrogens with zero attached hydrogens (tertiary/aromatic N) is 2. The summed E-state index contributed by atoms with van der Waals surface area (Å²) in [6.45, 7) is 6.99. The Morgan fingerprint density at radius 1 is 1.00 bits per heavy atom. The van der Waals surface area contributed by atoms with Crippen molar-refractivity contribution in [3.8, 4) is 0 Å². The van der Waals surface area contributed by atoms with Gasteiger partial charge in [0.2, 0.25) is 0 Å². The minimum Gasteiger partial charge on any atom is -0.332 e. The average molecular weight is 350 g/mol. The first-order chi connectivity index (χ1) is 12.0. The van der Waals surface area contributed by atoms with Gasteiger partial charge in [0.05, 0.1) is 6.54 Å². The minimum absolute atomic E-state index is 0.536. The molecular weight excluding hydrogens is 328 g/mol. The van der Waals surface area contributed by atoms with Gasteiger partial charge in [-0.2, -0.15) is 5.10 Å². The molecule has 0 saturated carbocycles. The Bertz CT molecular complexity index is 881. The van der Waals surface area contributed by atoms with E-state index in [0.29, 0.717) is 5.11 Å². The maximum Gasteiger partial charge on any atom is 0.176 e. The molecule has 2 N–H and O–H groups in total. The number of rotatable bonds is 4. The fourth-order valence-corrected chi connectivity index (χ4v) is 2.77. The molecule has 0 bridgehead atoms. The molecule has 0 aliphatic carbocycles. The number of thiocarbonyl (C=S) groups is 1. The number of hydrogen-bond acceptors (Lipinski definition) is 2. The smallest absolute Gasteiger partial charge is 0.176 e. The van der Waals surface area contributed by atoms with E-state index in [0.717, 1.165) is 18.1 Å². The number of hydrogen-bond donors (Lipinski definition) is 2. The molecule has 0 saturated heterocycles. The Balaban J connectivity index is 1.61. The van der Waals surface area contributed by atoms with Crippen molar-refractivity contribution in [2.24, 2.45) is 0 Å². The third-order valence-corrected chi connectivity index (χ3v) is 4.40. The number of benzene rings is 2. The summed E-state index contributed by atoms with van der Waals surface area (Å²) < 4.78 is 1.90. The van der Waals surface area contributed by atoms with Gasteiger partial charge in [-0.25, -0.2) is 0 Å². The van der Waals surface area contributed by atoms with Crippen molar-refractivity contribution in [3.63, 3.8) is 0 Å². The van der Waals surface area contributed by atoms with E-state index >= 15 is 0 Å². The molecule has 0 radical (unpaired) electrons. The summed E-state index contributed by atoms with van der Waals surface area (Å²) in [5, 5.41) is 11.4. The zero-order valence-electron chi connectivity index (χ0n) is 14.7. The fourth-order valence-electron chi connectivity index (χ4n) is 2.55. The van der Waals surface area contributed by atoms with Crippen LogP contribution in [-0.4, -0.2) is 14.9 Å². The molecule has 0 atom stereocenters. The van der Waals surface area contributed by atoms with Gasteiger partial charge in [0.1, 0.15) is 0 Å². The van der Waals surface area contributed by atoms with Crippen LogP contribution in [0.15, 0.2) is 54.7 Å². The zero-order valence-corrected chi connectivity index (χ0v) is 15.5. The molecule has 128 valence electrons. The lowest BCUT2D eigenvalue weighted by Gasteiger charge is -2.12. The van der Waals surface area contributed by atoms with Crippen molar-refractivity contribution in [2.45, 2.75) is 27.3 Å². The van der Waals surface area contributed by atoms with Crippen LogP contribution in [0.1, 0.15) is 22.3 Å². The number of nitrogens with one attached hydrogen (secondary N) is 2. The molecule has 1 heterocycles. The van der Waals surface area contributed by atoms with Crippen molar-refractivity contribution >= 4 is 28.8 Å². The second-order valence-electron chi connectivity index (χ2n) is 6.21. The Kier molecular flexibility index (Phi) is 5.14. The molecule has 3 aromatic rings. The van der Waals surface area contributed by atoms with Gasteiger partial charge in [-0.15, -0.1) is 0 Å². The molecular formula is C20H22N4S. The molecule has 25 heavy (non-hydrogen) atoms. The van der Waals surface area contributed by atoms with Crippen molar-refractivity contribution in [1.29, 1.82) is 0 Å². The van der Waals surface area contributed by atoms with Crippen LogP contribution in [0.25, 0.3) is 0 Å². The summed E-state index contributed by atoms with van der Waals surface area (Å²) >= 11 is 5.40. The van der Waals surface area contributed by atoms with E-state index in [4.69, 9.17) is 12.2 Å². The van der Waals surface area contributed by atoms with Gasteiger partial charge in [0.25, 0.3) is 0 Å². The Labute approximate surface area is 153 Å². The SMILES string of the molecule is Cc1ccc(Cn2ccc(NC(=S)Nc3cccc(C)c3C)n2)cc1. The van der Waals surface area contributed by atoms with Crippen LogP contribution in [0.2, 0.25) is 0 Å². The third kappa shape index (κ3) is 4.45. The fraction of sp³-hybridized carbons (Fsp3) is 0.200. The van der Waals surface area contributed by atoms with Gasteiger partial charge < -0.3 is 10.6 Å². The van der Waals surface area contributed by atoms with Crippen LogP contribution in [-0.2, 0) is 6.54 Å². The summed E-state index contributed by atoms with van der Waals surface area (Å²) in [5.41, 5.74) is 5.91.